The number of carbonyl (C=O) groups is 1. The molecule has 2 aliphatic rings. The molecule has 11 nitrogen and oxygen atoms in total. The van der Waals surface area contributed by atoms with Gasteiger partial charge >= 0.3 is 5.69 Å². The Morgan fingerprint density at radius 3 is 2.67 bits per heavy atom. The maximum absolute atomic E-state index is 12.7. The molecule has 1 amide bonds. The lowest BCUT2D eigenvalue weighted by atomic mass is 10.2. The largest absolute Gasteiger partial charge is 0.379 e. The predicted molar refractivity (Wildman–Crippen MR) is 120 cm³/mol. The van der Waals surface area contributed by atoms with Crippen LogP contribution in [-0.2, 0) is 37.4 Å². The maximum atomic E-state index is 12.7. The van der Waals surface area contributed by atoms with Crippen molar-refractivity contribution in [2.45, 2.75) is 42.1 Å². The third-order valence-electron chi connectivity index (χ3n) is 5.49. The second-order valence-electron chi connectivity index (χ2n) is 7.78. The number of aromatic nitrogens is 3. The van der Waals surface area contributed by atoms with Crippen molar-refractivity contribution in [2.24, 2.45) is 0 Å². The highest BCUT2D eigenvalue weighted by Crippen LogP contribution is 2.19. The van der Waals surface area contributed by atoms with Gasteiger partial charge < -0.3 is 14.8 Å². The number of hydrogen-bond donors (Lipinski definition) is 2. The van der Waals surface area contributed by atoms with E-state index in [-0.39, 0.29) is 34.9 Å². The first-order chi connectivity index (χ1) is 15.9. The summed E-state index contributed by atoms with van der Waals surface area (Å²) >= 11 is 1.17. The van der Waals surface area contributed by atoms with Gasteiger partial charge in [-0.2, -0.15) is 4.31 Å². The Bertz CT molecular complexity index is 1100. The van der Waals surface area contributed by atoms with Crippen molar-refractivity contribution < 1.29 is 22.7 Å². The fraction of sp³-hybridized carbons (Fsp3) is 0.550. The Labute approximate surface area is 195 Å². The SMILES string of the molecule is O=C(CSc1n[nH]c(=O)n1CC1CCCO1)NCc1ccc(S(=O)(=O)N2CCOCC2)cc1. The van der Waals surface area contributed by atoms with Crippen molar-refractivity contribution in [3.8, 4) is 0 Å². The van der Waals surface area contributed by atoms with E-state index in [0.29, 0.717) is 44.6 Å². The molecule has 0 spiro atoms. The zero-order chi connectivity index (χ0) is 23.3. The van der Waals surface area contributed by atoms with Crippen LogP contribution in [0.5, 0.6) is 0 Å². The van der Waals surface area contributed by atoms with Gasteiger partial charge in [-0.25, -0.2) is 18.3 Å². The smallest absolute Gasteiger partial charge is 0.344 e. The molecule has 0 aliphatic carbocycles. The lowest BCUT2D eigenvalue weighted by Gasteiger charge is -2.26. The van der Waals surface area contributed by atoms with Crippen LogP contribution in [0.1, 0.15) is 18.4 Å². The molecule has 180 valence electrons. The van der Waals surface area contributed by atoms with E-state index in [2.05, 4.69) is 15.5 Å². The number of H-pyrrole nitrogens is 1. The molecule has 2 fully saturated rings. The molecule has 1 unspecified atom stereocenters. The van der Waals surface area contributed by atoms with Gasteiger partial charge in [-0.1, -0.05) is 23.9 Å². The Balaban J connectivity index is 1.27. The molecular weight excluding hydrogens is 470 g/mol. The van der Waals surface area contributed by atoms with Crippen molar-refractivity contribution in [2.75, 3.05) is 38.7 Å². The zero-order valence-corrected chi connectivity index (χ0v) is 19.7. The fourth-order valence-corrected chi connectivity index (χ4v) is 5.86. The molecule has 2 aromatic rings. The number of sulfonamides is 1. The van der Waals surface area contributed by atoms with Gasteiger partial charge in [0.25, 0.3) is 0 Å². The number of amides is 1. The zero-order valence-electron chi connectivity index (χ0n) is 18.1. The van der Waals surface area contributed by atoms with Gasteiger partial charge in [0, 0.05) is 26.2 Å². The van der Waals surface area contributed by atoms with Gasteiger partial charge in [-0.3, -0.25) is 9.36 Å². The number of nitrogens with one attached hydrogen (secondary N) is 2. The molecule has 13 heteroatoms. The average Bonchev–Trinajstić information content (AvgIpc) is 3.47. The van der Waals surface area contributed by atoms with Crippen LogP contribution in [0, 0.1) is 0 Å². The minimum Gasteiger partial charge on any atom is -0.379 e. The van der Waals surface area contributed by atoms with Gasteiger partial charge in [-0.15, -0.1) is 5.10 Å². The van der Waals surface area contributed by atoms with E-state index in [0.717, 1.165) is 18.4 Å². The quantitative estimate of drug-likeness (QED) is 0.469. The Morgan fingerprint density at radius 1 is 1.21 bits per heavy atom. The Hall–Kier alpha value is -2.19. The third kappa shape index (κ3) is 6.03. The van der Waals surface area contributed by atoms with Gasteiger partial charge in [0.15, 0.2) is 5.16 Å². The highest BCUT2D eigenvalue weighted by molar-refractivity contribution is 7.99. The predicted octanol–water partition coefficient (Wildman–Crippen LogP) is 0.180. The van der Waals surface area contributed by atoms with Crippen LogP contribution in [0.15, 0.2) is 39.1 Å². The van der Waals surface area contributed by atoms with E-state index < -0.39 is 10.0 Å². The van der Waals surface area contributed by atoms with Crippen LogP contribution in [0.4, 0.5) is 0 Å². The van der Waals surface area contributed by atoms with E-state index in [1.165, 1.54) is 20.6 Å². The summed E-state index contributed by atoms with van der Waals surface area (Å²) in [6.07, 6.45) is 1.86. The Kier molecular flexibility index (Phi) is 7.86. The number of benzene rings is 1. The summed E-state index contributed by atoms with van der Waals surface area (Å²) in [6.45, 7) is 2.85. The van der Waals surface area contributed by atoms with Crippen LogP contribution in [0.25, 0.3) is 0 Å². The molecule has 0 radical (unpaired) electrons. The van der Waals surface area contributed by atoms with Crippen LogP contribution in [0.2, 0.25) is 0 Å². The second kappa shape index (κ2) is 10.8. The van der Waals surface area contributed by atoms with Gasteiger partial charge in [-0.05, 0) is 30.5 Å². The van der Waals surface area contributed by atoms with Gasteiger partial charge in [0.1, 0.15) is 0 Å². The number of carbonyl (C=O) groups excluding carboxylic acids is 1. The summed E-state index contributed by atoms with van der Waals surface area (Å²) in [5.41, 5.74) is 0.463. The number of rotatable bonds is 9. The molecule has 0 bridgehead atoms. The van der Waals surface area contributed by atoms with Gasteiger partial charge in [0.2, 0.25) is 15.9 Å². The average molecular weight is 498 g/mol. The lowest BCUT2D eigenvalue weighted by Crippen LogP contribution is -2.40. The summed E-state index contributed by atoms with van der Waals surface area (Å²) in [4.78, 5) is 24.5. The third-order valence-corrected chi connectivity index (χ3v) is 8.38. The molecule has 2 N–H and O–H groups in total. The monoisotopic (exact) mass is 497 g/mol. The van der Waals surface area contributed by atoms with Crippen LogP contribution < -0.4 is 11.0 Å². The highest BCUT2D eigenvalue weighted by atomic mass is 32.2. The molecule has 1 atom stereocenters. The number of ether oxygens (including phenoxy) is 2. The topological polar surface area (TPSA) is 136 Å². The molecule has 1 aromatic heterocycles. The summed E-state index contributed by atoms with van der Waals surface area (Å²) in [5.74, 6) is -0.122. The van der Waals surface area contributed by atoms with E-state index in [4.69, 9.17) is 9.47 Å². The van der Waals surface area contributed by atoms with Crippen molar-refractivity contribution in [3.63, 3.8) is 0 Å². The second-order valence-corrected chi connectivity index (χ2v) is 10.7. The van der Waals surface area contributed by atoms with E-state index >= 15 is 0 Å². The Morgan fingerprint density at radius 2 is 1.97 bits per heavy atom. The van der Waals surface area contributed by atoms with E-state index in [9.17, 15) is 18.0 Å². The molecule has 2 saturated heterocycles. The molecular formula is C20H27N5O6S2. The number of thioether (sulfide) groups is 1. The van der Waals surface area contributed by atoms with Crippen molar-refractivity contribution in [1.29, 1.82) is 0 Å². The fourth-order valence-electron chi connectivity index (χ4n) is 3.66. The van der Waals surface area contributed by atoms with Gasteiger partial charge in [0.05, 0.1) is 36.5 Å². The molecule has 1 aromatic carbocycles. The highest BCUT2D eigenvalue weighted by Gasteiger charge is 2.26. The van der Waals surface area contributed by atoms with E-state index in [1.807, 2.05) is 0 Å². The summed E-state index contributed by atoms with van der Waals surface area (Å²) in [6, 6.07) is 6.48. The summed E-state index contributed by atoms with van der Waals surface area (Å²) in [5, 5.41) is 9.68. The standard InChI is InChI=1S/C20H27N5O6S2/c26-18(14-32-20-23-22-19(27)25(20)13-16-2-1-9-31-16)21-12-15-3-5-17(6-4-15)33(28,29)24-7-10-30-11-8-24/h3-6,16H,1-2,7-14H2,(H,21,26)(H,22,27). The maximum Gasteiger partial charge on any atom is 0.344 e. The van der Waals surface area contributed by atoms with Crippen LogP contribution in [-0.4, -0.2) is 78.2 Å². The molecule has 33 heavy (non-hydrogen) atoms. The van der Waals surface area contributed by atoms with Crippen molar-refractivity contribution in [3.05, 3.63) is 40.3 Å². The number of aromatic amines is 1. The van der Waals surface area contributed by atoms with Crippen molar-refractivity contribution >= 4 is 27.7 Å². The summed E-state index contributed by atoms with van der Waals surface area (Å²) < 4.78 is 39.1. The number of morpholine rings is 1. The normalized spacial score (nSPS) is 19.6. The number of nitrogens with zero attached hydrogens (tertiary/aromatic N) is 3. The number of hydrogen-bond acceptors (Lipinski definition) is 8. The minimum atomic E-state index is -3.54. The van der Waals surface area contributed by atoms with Crippen LogP contribution >= 0.6 is 11.8 Å². The molecule has 2 aliphatic heterocycles. The lowest BCUT2D eigenvalue weighted by molar-refractivity contribution is -0.118. The first kappa shape index (κ1) is 24.0. The molecule has 0 saturated carbocycles. The minimum absolute atomic E-state index is 0.0106. The molecule has 4 rings (SSSR count). The summed E-state index contributed by atoms with van der Waals surface area (Å²) in [7, 11) is -3.54. The van der Waals surface area contributed by atoms with E-state index in [1.54, 1.807) is 24.3 Å². The first-order valence-corrected chi connectivity index (χ1v) is 13.2. The first-order valence-electron chi connectivity index (χ1n) is 10.8. The van der Waals surface area contributed by atoms with Crippen LogP contribution in [0.3, 0.4) is 0 Å². The molecule has 3 heterocycles. The van der Waals surface area contributed by atoms with Crippen molar-refractivity contribution in [1.82, 2.24) is 24.4 Å².